The van der Waals surface area contributed by atoms with Crippen LogP contribution < -0.4 is 10.1 Å². The second-order valence-electron chi connectivity index (χ2n) is 5.30. The Morgan fingerprint density at radius 2 is 2.06 bits per heavy atom. The molecule has 0 bridgehead atoms. The maximum atomic E-state index is 5.31. The maximum Gasteiger partial charge on any atom is 0.119 e. The van der Waals surface area contributed by atoms with Crippen molar-refractivity contribution in [1.29, 1.82) is 0 Å². The summed E-state index contributed by atoms with van der Waals surface area (Å²) in [5, 5.41) is 3.81. The molecule has 1 saturated carbocycles. The number of hydrogen-bond acceptors (Lipinski definition) is 2. The second kappa shape index (κ2) is 4.69. The summed E-state index contributed by atoms with van der Waals surface area (Å²) < 4.78 is 5.31. The van der Waals surface area contributed by atoms with Crippen molar-refractivity contribution in [2.75, 3.05) is 7.11 Å². The molecule has 2 heteroatoms. The molecule has 1 unspecified atom stereocenters. The van der Waals surface area contributed by atoms with E-state index in [4.69, 9.17) is 4.74 Å². The zero-order chi connectivity index (χ0) is 11.7. The highest BCUT2D eigenvalue weighted by Gasteiger charge is 2.25. The molecule has 2 aliphatic carbocycles. The molecule has 3 rings (SSSR count). The van der Waals surface area contributed by atoms with Crippen molar-refractivity contribution in [1.82, 2.24) is 5.32 Å². The third kappa shape index (κ3) is 2.19. The fraction of sp³-hybridized carbons (Fsp3) is 0.600. The summed E-state index contributed by atoms with van der Waals surface area (Å²) in [4.78, 5) is 0. The number of fused-ring (bicyclic) bond motifs is 1. The van der Waals surface area contributed by atoms with Crippen LogP contribution in [0.4, 0.5) is 0 Å². The zero-order valence-corrected chi connectivity index (χ0v) is 10.5. The van der Waals surface area contributed by atoms with Gasteiger partial charge in [-0.05, 0) is 55.4 Å². The van der Waals surface area contributed by atoms with Crippen LogP contribution in [0.25, 0.3) is 0 Å². The molecule has 0 spiro atoms. The highest BCUT2D eigenvalue weighted by Crippen LogP contribution is 2.34. The second-order valence-corrected chi connectivity index (χ2v) is 5.30. The van der Waals surface area contributed by atoms with Crippen LogP contribution in [0.3, 0.4) is 0 Å². The van der Waals surface area contributed by atoms with Crippen molar-refractivity contribution >= 4 is 0 Å². The third-order valence-electron chi connectivity index (χ3n) is 4.21. The van der Waals surface area contributed by atoms with Gasteiger partial charge < -0.3 is 10.1 Å². The third-order valence-corrected chi connectivity index (χ3v) is 4.21. The van der Waals surface area contributed by atoms with Crippen LogP contribution in [0.1, 0.15) is 49.3 Å². The molecule has 0 amide bonds. The van der Waals surface area contributed by atoms with Gasteiger partial charge in [-0.15, -0.1) is 0 Å². The quantitative estimate of drug-likeness (QED) is 0.862. The summed E-state index contributed by atoms with van der Waals surface area (Å²) in [5.74, 6) is 0.994. The van der Waals surface area contributed by atoms with E-state index in [0.717, 1.165) is 11.8 Å². The molecule has 1 fully saturated rings. The number of methoxy groups -OCH3 is 1. The van der Waals surface area contributed by atoms with Crippen LogP contribution in [0.2, 0.25) is 0 Å². The Hall–Kier alpha value is -1.02. The predicted octanol–water partition coefficient (Wildman–Crippen LogP) is 3.21. The summed E-state index contributed by atoms with van der Waals surface area (Å²) in [5.41, 5.74) is 2.98. The molecule has 1 aromatic carbocycles. The highest BCUT2D eigenvalue weighted by molar-refractivity contribution is 5.39. The minimum Gasteiger partial charge on any atom is -0.497 e. The van der Waals surface area contributed by atoms with E-state index in [1.807, 2.05) is 0 Å². The lowest BCUT2D eigenvalue weighted by atomic mass is 9.85. The van der Waals surface area contributed by atoms with Gasteiger partial charge in [-0.1, -0.05) is 12.5 Å². The fourth-order valence-electron chi connectivity index (χ4n) is 2.95. The summed E-state index contributed by atoms with van der Waals surface area (Å²) in [6, 6.07) is 7.91. The molecule has 92 valence electrons. The molecule has 0 saturated heterocycles. The topological polar surface area (TPSA) is 21.3 Å². The fourth-order valence-corrected chi connectivity index (χ4v) is 2.95. The number of aryl methyl sites for hydroxylation is 1. The van der Waals surface area contributed by atoms with E-state index in [1.165, 1.54) is 49.7 Å². The van der Waals surface area contributed by atoms with Gasteiger partial charge in [0.2, 0.25) is 0 Å². The van der Waals surface area contributed by atoms with E-state index in [1.54, 1.807) is 7.11 Å². The molecule has 2 aliphatic rings. The van der Waals surface area contributed by atoms with Crippen molar-refractivity contribution in [3.05, 3.63) is 29.3 Å². The largest absolute Gasteiger partial charge is 0.497 e. The van der Waals surface area contributed by atoms with Crippen molar-refractivity contribution in [3.8, 4) is 5.75 Å². The van der Waals surface area contributed by atoms with Crippen molar-refractivity contribution < 1.29 is 4.74 Å². The molecule has 2 nitrogen and oxygen atoms in total. The Morgan fingerprint density at radius 3 is 2.76 bits per heavy atom. The first kappa shape index (κ1) is 11.1. The zero-order valence-electron chi connectivity index (χ0n) is 10.5. The smallest absolute Gasteiger partial charge is 0.119 e. The maximum absolute atomic E-state index is 5.31. The lowest BCUT2D eigenvalue weighted by Gasteiger charge is -2.34. The SMILES string of the molecule is COc1ccc2c(c1)CCCC2NC1CCC1. The number of ether oxygens (including phenoxy) is 1. The standard InChI is InChI=1S/C15H21NO/c1-17-13-8-9-14-11(10-13)4-2-7-15(14)16-12-5-3-6-12/h8-10,12,15-16H,2-7H2,1H3. The van der Waals surface area contributed by atoms with Gasteiger partial charge >= 0.3 is 0 Å². The number of rotatable bonds is 3. The number of benzene rings is 1. The van der Waals surface area contributed by atoms with Gasteiger partial charge in [0, 0.05) is 12.1 Å². The normalized spacial score (nSPS) is 23.9. The van der Waals surface area contributed by atoms with E-state index in [9.17, 15) is 0 Å². The molecule has 0 radical (unpaired) electrons. The van der Waals surface area contributed by atoms with E-state index in [-0.39, 0.29) is 0 Å². The van der Waals surface area contributed by atoms with Crippen LogP contribution >= 0.6 is 0 Å². The van der Waals surface area contributed by atoms with E-state index in [0.29, 0.717) is 6.04 Å². The van der Waals surface area contributed by atoms with Gasteiger partial charge in [0.25, 0.3) is 0 Å². The molecular formula is C15H21NO. The molecule has 1 N–H and O–H groups in total. The number of nitrogens with one attached hydrogen (secondary N) is 1. The predicted molar refractivity (Wildman–Crippen MR) is 69.4 cm³/mol. The lowest BCUT2D eigenvalue weighted by molar-refractivity contribution is 0.290. The Bertz CT molecular complexity index is 398. The highest BCUT2D eigenvalue weighted by atomic mass is 16.5. The average Bonchev–Trinajstić information content (AvgIpc) is 2.33. The van der Waals surface area contributed by atoms with E-state index >= 15 is 0 Å². The van der Waals surface area contributed by atoms with Crippen molar-refractivity contribution in [2.24, 2.45) is 0 Å². The first-order valence-electron chi connectivity index (χ1n) is 6.79. The van der Waals surface area contributed by atoms with Gasteiger partial charge in [0.15, 0.2) is 0 Å². The molecule has 0 heterocycles. The van der Waals surface area contributed by atoms with Gasteiger partial charge in [-0.2, -0.15) is 0 Å². The van der Waals surface area contributed by atoms with Gasteiger partial charge in [0.1, 0.15) is 5.75 Å². The van der Waals surface area contributed by atoms with Gasteiger partial charge in [0.05, 0.1) is 7.11 Å². The number of hydrogen-bond donors (Lipinski definition) is 1. The average molecular weight is 231 g/mol. The first-order chi connectivity index (χ1) is 8.36. The first-order valence-corrected chi connectivity index (χ1v) is 6.79. The minimum atomic E-state index is 0.579. The summed E-state index contributed by atoms with van der Waals surface area (Å²) in [6.07, 6.45) is 7.92. The minimum absolute atomic E-state index is 0.579. The van der Waals surface area contributed by atoms with Crippen LogP contribution in [-0.4, -0.2) is 13.2 Å². The Balaban J connectivity index is 1.80. The Labute approximate surface area is 103 Å². The van der Waals surface area contributed by atoms with Gasteiger partial charge in [-0.3, -0.25) is 0 Å². The summed E-state index contributed by atoms with van der Waals surface area (Å²) in [7, 11) is 1.74. The molecule has 1 atom stereocenters. The van der Waals surface area contributed by atoms with Crippen LogP contribution in [0.15, 0.2) is 18.2 Å². The monoisotopic (exact) mass is 231 g/mol. The van der Waals surface area contributed by atoms with Crippen molar-refractivity contribution in [2.45, 2.75) is 50.6 Å². The lowest BCUT2D eigenvalue weighted by Crippen LogP contribution is -2.39. The summed E-state index contributed by atoms with van der Waals surface area (Å²) >= 11 is 0. The molecule has 0 aliphatic heterocycles. The van der Waals surface area contributed by atoms with Crippen LogP contribution in [0, 0.1) is 0 Å². The molecular weight excluding hydrogens is 210 g/mol. The van der Waals surface area contributed by atoms with Crippen molar-refractivity contribution in [3.63, 3.8) is 0 Å². The van der Waals surface area contributed by atoms with Crippen LogP contribution in [-0.2, 0) is 6.42 Å². The van der Waals surface area contributed by atoms with Gasteiger partial charge in [-0.25, -0.2) is 0 Å². The summed E-state index contributed by atoms with van der Waals surface area (Å²) in [6.45, 7) is 0. The van der Waals surface area contributed by atoms with Crippen LogP contribution in [0.5, 0.6) is 5.75 Å². The molecule has 1 aromatic rings. The molecule has 0 aromatic heterocycles. The Morgan fingerprint density at radius 1 is 1.18 bits per heavy atom. The molecule has 17 heavy (non-hydrogen) atoms. The van der Waals surface area contributed by atoms with E-state index < -0.39 is 0 Å². The Kier molecular flexibility index (Phi) is 3.06. The van der Waals surface area contributed by atoms with E-state index in [2.05, 4.69) is 23.5 Å².